The molecule has 3 heterocycles. The van der Waals surface area contributed by atoms with E-state index in [1.807, 2.05) is 152 Å². The summed E-state index contributed by atoms with van der Waals surface area (Å²) in [6.45, 7) is 5.76. The lowest BCUT2D eigenvalue weighted by Gasteiger charge is -2.28. The van der Waals surface area contributed by atoms with Gasteiger partial charge in [-0.05, 0) is 151 Å². The molecule has 1 aliphatic heterocycles. The van der Waals surface area contributed by atoms with Crippen molar-refractivity contribution in [3.63, 3.8) is 0 Å². The van der Waals surface area contributed by atoms with E-state index in [1.54, 1.807) is 7.05 Å². The first-order chi connectivity index (χ1) is 40.2. The highest BCUT2D eigenvalue weighted by Gasteiger charge is 2.33. The van der Waals surface area contributed by atoms with Gasteiger partial charge in [-0.15, -0.1) is 0 Å². The van der Waals surface area contributed by atoms with Crippen molar-refractivity contribution in [1.29, 1.82) is 0 Å². The van der Waals surface area contributed by atoms with Crippen molar-refractivity contribution < 1.29 is 30.7 Å². The number of nitrogens with one attached hydrogen (secondary N) is 2. The van der Waals surface area contributed by atoms with E-state index >= 15 is 30.7 Å². The Morgan fingerprint density at radius 2 is 0.843 bits per heavy atom. The summed E-state index contributed by atoms with van der Waals surface area (Å²) in [5.41, 5.74) is 3.80. The van der Waals surface area contributed by atoms with Gasteiger partial charge in [0.05, 0.1) is 33.8 Å². The van der Waals surface area contributed by atoms with Crippen LogP contribution in [0.3, 0.4) is 0 Å². The lowest BCUT2D eigenvalue weighted by molar-refractivity contribution is 0.191. The van der Waals surface area contributed by atoms with Gasteiger partial charge in [0.25, 0.3) is 0 Å². The Kier molecular flexibility index (Phi) is 12.1. The summed E-state index contributed by atoms with van der Waals surface area (Å²) in [6.07, 6.45) is -1.65. The van der Waals surface area contributed by atoms with Crippen LogP contribution in [0.2, 0.25) is 0 Å². The minimum Gasteiger partial charge on any atom is -0.354 e. The molecule has 0 saturated carbocycles. The second kappa shape index (κ2) is 19.8. The maximum atomic E-state index is 16.4. The molecule has 2 aromatic heterocycles. The van der Waals surface area contributed by atoms with Gasteiger partial charge >= 0.3 is 0 Å². The molecule has 1 aliphatic rings. The number of H-pyrrole nitrogens is 2. The molecule has 14 rings (SSSR count). The van der Waals surface area contributed by atoms with E-state index in [1.165, 1.54) is 48.2 Å². The smallest absolute Gasteiger partial charge is 0.169 e. The normalized spacial score (nSPS) is 14.2. The van der Waals surface area contributed by atoms with Crippen LogP contribution in [0.1, 0.15) is 51.7 Å². The van der Waals surface area contributed by atoms with Gasteiger partial charge in [-0.2, -0.15) is 0 Å². The number of benzene rings is 11. The first-order valence-electron chi connectivity index (χ1n) is 26.9. The molecule has 11 heteroatoms. The number of alkyl halides is 1. The molecule has 402 valence electrons. The summed E-state index contributed by atoms with van der Waals surface area (Å²) in [7, 11) is 1.57. The first kappa shape index (κ1) is 50.9. The molecule has 0 aliphatic carbocycles. The van der Waals surface area contributed by atoms with Crippen molar-refractivity contribution in [2.24, 2.45) is 4.99 Å². The maximum Gasteiger partial charge on any atom is 0.169 e. The molecule has 1 atom stereocenters. The van der Waals surface area contributed by atoms with Crippen LogP contribution in [0.4, 0.5) is 30.7 Å². The highest BCUT2D eigenvalue weighted by atomic mass is 19.2. The third-order valence-corrected chi connectivity index (χ3v) is 15.9. The van der Waals surface area contributed by atoms with Gasteiger partial charge in [-0.1, -0.05) is 116 Å². The van der Waals surface area contributed by atoms with Gasteiger partial charge in [-0.3, -0.25) is 0 Å². The minimum absolute atomic E-state index is 0.0474. The largest absolute Gasteiger partial charge is 0.354 e. The zero-order chi connectivity index (χ0) is 56.9. The van der Waals surface area contributed by atoms with Gasteiger partial charge < -0.3 is 14.9 Å². The fourth-order valence-electron chi connectivity index (χ4n) is 12.1. The third kappa shape index (κ3) is 8.83. The number of halogens is 7. The first-order valence-corrected chi connectivity index (χ1v) is 26.9. The Balaban J connectivity index is 1.18. The standard InChI is InChI=1S/C72H45F7N4/c1-38-58-29-42-14-6-7-15-43(42)30-59(58)67(80-38)64(49-23-52(74)35-53(75)24-49)68-60-31-44-16-8-9-17-45(44)32-61(60)69(81-68)65(50-25-54(76)36-55(77)26-50)70-62-33-46-18-10-11-19-47(46)34-63(62)71(82-70)66(51-27-56(78)37-57(79)28-51)72(83(3)39(2)73)48-21-20-40-12-4-5-13-41(40)22-48/h4-37,39,80,82H,1H2,2-3H3/b67-64-,69-65-,72-66-. The van der Waals surface area contributed by atoms with Crippen molar-refractivity contribution in [2.75, 3.05) is 7.05 Å². The summed E-state index contributed by atoms with van der Waals surface area (Å²) in [4.78, 5) is 14.2. The molecule has 0 saturated heterocycles. The van der Waals surface area contributed by atoms with Crippen molar-refractivity contribution in [1.82, 2.24) is 14.9 Å². The Morgan fingerprint density at radius 1 is 0.422 bits per heavy atom. The lowest BCUT2D eigenvalue weighted by atomic mass is 9.89. The molecule has 1 unspecified atom stereocenters. The molecule has 2 N–H and O–H groups in total. The van der Waals surface area contributed by atoms with Gasteiger partial charge in [0.2, 0.25) is 0 Å². The molecular formula is C72H45F7N4. The van der Waals surface area contributed by atoms with Crippen LogP contribution in [0, 0.1) is 34.9 Å². The number of rotatable bonds is 9. The van der Waals surface area contributed by atoms with Crippen LogP contribution in [-0.2, 0) is 0 Å². The molecule has 0 spiro atoms. The molecule has 83 heavy (non-hydrogen) atoms. The predicted octanol–water partition coefficient (Wildman–Crippen LogP) is 17.3. The Bertz CT molecular complexity index is 5080. The summed E-state index contributed by atoms with van der Waals surface area (Å²) >= 11 is 0. The zero-order valence-electron chi connectivity index (χ0n) is 44.5. The van der Waals surface area contributed by atoms with Gasteiger partial charge in [-0.25, -0.2) is 35.7 Å². The maximum absolute atomic E-state index is 16.4. The van der Waals surface area contributed by atoms with Crippen molar-refractivity contribution in [3.05, 3.63) is 297 Å². The molecule has 13 aromatic rings. The van der Waals surface area contributed by atoms with Crippen LogP contribution in [-0.4, -0.2) is 33.9 Å². The number of hydrogen-bond donors (Lipinski definition) is 2. The number of nitrogens with zero attached hydrogens (tertiary/aromatic N) is 2. The minimum atomic E-state index is -1.65. The van der Waals surface area contributed by atoms with Crippen LogP contribution in [0.15, 0.2) is 211 Å². The number of aliphatic imine (C=N–C) groups is 1. The number of hydrogen-bond acceptors (Lipinski definition) is 2. The average molecular weight is 1100 g/mol. The lowest BCUT2D eigenvalue weighted by Crippen LogP contribution is -2.25. The Morgan fingerprint density at radius 3 is 1.36 bits per heavy atom. The van der Waals surface area contributed by atoms with Crippen molar-refractivity contribution in [2.45, 2.75) is 13.2 Å². The highest BCUT2D eigenvalue weighted by molar-refractivity contribution is 6.38. The second-order valence-electron chi connectivity index (χ2n) is 21.1. The Hall–Kier alpha value is -10.3. The fraction of sp³-hybridized carbons (Fsp3) is 0.0417. The molecule has 0 radical (unpaired) electrons. The number of fused-ring (bicyclic) bond motifs is 7. The van der Waals surface area contributed by atoms with Gasteiger partial charge in [0.1, 0.15) is 34.9 Å². The summed E-state index contributed by atoms with van der Waals surface area (Å²) in [5.74, 6) is -5.25. The van der Waals surface area contributed by atoms with Crippen LogP contribution < -0.4 is 10.7 Å². The molecule has 11 aromatic carbocycles. The van der Waals surface area contributed by atoms with E-state index in [-0.39, 0.29) is 56.3 Å². The van der Waals surface area contributed by atoms with E-state index in [2.05, 4.69) is 16.5 Å². The SMILES string of the molecule is C=c1[nH]/c(=C(C2=N/C(=C(/c3cc(F)cc(F)c3)c3[nH]c(/C(=C(/c4ccc5ccccc5c4)N(C)C(C)F)c4cc(F)cc(F)c4)c4cc5ccccc5cc34)c3cc4ccccc4cc32)/c2cc(F)cc(F)c2)c2cc3ccccc3cc12. The van der Waals surface area contributed by atoms with Gasteiger partial charge in [0.15, 0.2) is 6.30 Å². The van der Waals surface area contributed by atoms with E-state index < -0.39 is 41.2 Å². The molecular weight excluding hydrogens is 1050 g/mol. The monoisotopic (exact) mass is 1100 g/mol. The quantitative estimate of drug-likeness (QED) is 0.0845. The van der Waals surface area contributed by atoms with Crippen LogP contribution in [0.25, 0.3) is 99.3 Å². The van der Waals surface area contributed by atoms with Crippen molar-refractivity contribution >= 4 is 105 Å². The number of aromatic amines is 2. The van der Waals surface area contributed by atoms with Crippen molar-refractivity contribution in [3.8, 4) is 0 Å². The zero-order valence-corrected chi connectivity index (χ0v) is 44.5. The molecule has 0 bridgehead atoms. The summed E-state index contributed by atoms with van der Waals surface area (Å²) in [5, 5.41) is 10.1. The molecule has 0 fully saturated rings. The molecule has 4 nitrogen and oxygen atoms in total. The van der Waals surface area contributed by atoms with E-state index in [0.717, 1.165) is 66.7 Å². The second-order valence-corrected chi connectivity index (χ2v) is 21.1. The Labute approximate surface area is 470 Å². The summed E-state index contributed by atoms with van der Waals surface area (Å²) in [6, 6.07) is 57.7. The van der Waals surface area contributed by atoms with Crippen LogP contribution >= 0.6 is 0 Å². The highest BCUT2D eigenvalue weighted by Crippen LogP contribution is 2.48. The predicted molar refractivity (Wildman–Crippen MR) is 323 cm³/mol. The third-order valence-electron chi connectivity index (χ3n) is 15.9. The van der Waals surface area contributed by atoms with Crippen LogP contribution in [0.5, 0.6) is 0 Å². The fourth-order valence-corrected chi connectivity index (χ4v) is 12.1. The topological polar surface area (TPSA) is 47.2 Å². The molecule has 0 amide bonds. The van der Waals surface area contributed by atoms with E-state index in [9.17, 15) is 0 Å². The summed E-state index contributed by atoms with van der Waals surface area (Å²) < 4.78 is 113. The number of aromatic nitrogens is 2. The van der Waals surface area contributed by atoms with E-state index in [0.29, 0.717) is 49.1 Å². The average Bonchev–Trinajstić information content (AvgIpc) is 2.50. The van der Waals surface area contributed by atoms with E-state index in [4.69, 9.17) is 4.99 Å². The van der Waals surface area contributed by atoms with Gasteiger partial charge in [0, 0.05) is 80.0 Å².